The topological polar surface area (TPSA) is 134 Å². The molecule has 3 N–H and O–H groups in total. The van der Waals surface area contributed by atoms with Crippen molar-refractivity contribution in [3.63, 3.8) is 0 Å². The van der Waals surface area contributed by atoms with Gasteiger partial charge in [0.05, 0.1) is 10.4 Å². The molecule has 27 heavy (non-hydrogen) atoms. The first kappa shape index (κ1) is 17.1. The number of hydrazine groups is 1. The van der Waals surface area contributed by atoms with Crippen LogP contribution in [-0.2, 0) is 10.0 Å². The van der Waals surface area contributed by atoms with Crippen LogP contribution in [0.1, 0.15) is 16.1 Å². The Hall–Kier alpha value is -3.37. The smallest absolute Gasteiger partial charge is 0.417 e. The molecule has 2 aromatic heterocycles. The van der Waals surface area contributed by atoms with Crippen molar-refractivity contribution in [2.45, 2.75) is 11.8 Å². The second-order valence-electron chi connectivity index (χ2n) is 5.78. The number of rotatable bonds is 4. The van der Waals surface area contributed by atoms with Crippen molar-refractivity contribution in [2.75, 3.05) is 0 Å². The van der Waals surface area contributed by atoms with Gasteiger partial charge in [-0.2, -0.15) is 0 Å². The number of aryl methyl sites for hydroxylation is 1. The number of carbonyl (C=O) groups excluding carboxylic acids is 1. The van der Waals surface area contributed by atoms with Crippen molar-refractivity contribution >= 4 is 38.0 Å². The van der Waals surface area contributed by atoms with E-state index in [1.54, 1.807) is 25.1 Å². The largest absolute Gasteiger partial charge is 0.451 e. The molecule has 0 unspecified atom stereocenters. The number of H-pyrrole nitrogens is 1. The summed E-state index contributed by atoms with van der Waals surface area (Å²) >= 11 is 0. The highest BCUT2D eigenvalue weighted by molar-refractivity contribution is 7.89. The molecule has 138 valence electrons. The summed E-state index contributed by atoms with van der Waals surface area (Å²) in [6.07, 6.45) is 0. The third-order valence-electron chi connectivity index (χ3n) is 4.05. The number of benzene rings is 2. The fourth-order valence-corrected chi connectivity index (χ4v) is 3.57. The van der Waals surface area contributed by atoms with E-state index in [4.69, 9.17) is 8.83 Å². The highest BCUT2D eigenvalue weighted by Crippen LogP contribution is 2.24. The predicted molar refractivity (Wildman–Crippen MR) is 95.6 cm³/mol. The Morgan fingerprint density at radius 1 is 1.07 bits per heavy atom. The maximum atomic E-state index is 12.4. The van der Waals surface area contributed by atoms with Crippen LogP contribution in [0.25, 0.3) is 22.1 Å². The van der Waals surface area contributed by atoms with Crippen molar-refractivity contribution in [1.82, 2.24) is 15.2 Å². The summed E-state index contributed by atoms with van der Waals surface area (Å²) in [5.74, 6) is -1.42. The van der Waals surface area contributed by atoms with Crippen LogP contribution in [0.3, 0.4) is 0 Å². The van der Waals surface area contributed by atoms with Crippen LogP contribution in [0.4, 0.5) is 0 Å². The molecule has 0 fully saturated rings. The van der Waals surface area contributed by atoms with E-state index >= 15 is 0 Å². The molecular weight excluding hydrogens is 374 g/mol. The number of furan rings is 1. The maximum Gasteiger partial charge on any atom is 0.417 e. The molecule has 1 amide bonds. The lowest BCUT2D eigenvalue weighted by Gasteiger charge is -2.07. The van der Waals surface area contributed by atoms with Gasteiger partial charge in [-0.3, -0.25) is 15.2 Å². The van der Waals surface area contributed by atoms with E-state index in [-0.39, 0.29) is 16.2 Å². The van der Waals surface area contributed by atoms with Gasteiger partial charge >= 0.3 is 11.7 Å². The number of aromatic amines is 1. The summed E-state index contributed by atoms with van der Waals surface area (Å²) in [6, 6.07) is 10.9. The van der Waals surface area contributed by atoms with Gasteiger partial charge in [-0.15, -0.1) is 4.83 Å². The van der Waals surface area contributed by atoms with Crippen LogP contribution in [0.5, 0.6) is 0 Å². The lowest BCUT2D eigenvalue weighted by molar-refractivity contribution is 0.0918. The van der Waals surface area contributed by atoms with E-state index in [1.807, 2.05) is 10.9 Å². The summed E-state index contributed by atoms with van der Waals surface area (Å²) in [6.45, 7) is 1.71. The summed E-state index contributed by atoms with van der Waals surface area (Å²) < 4.78 is 35.1. The number of amides is 1. The summed E-state index contributed by atoms with van der Waals surface area (Å²) in [5, 5.41) is 0.762. The van der Waals surface area contributed by atoms with Crippen molar-refractivity contribution in [3.05, 3.63) is 64.3 Å². The molecule has 10 heteroatoms. The molecule has 9 nitrogen and oxygen atoms in total. The Morgan fingerprint density at radius 3 is 2.63 bits per heavy atom. The van der Waals surface area contributed by atoms with Gasteiger partial charge in [0, 0.05) is 17.0 Å². The third kappa shape index (κ3) is 3.00. The quantitative estimate of drug-likeness (QED) is 0.457. The Morgan fingerprint density at radius 2 is 1.85 bits per heavy atom. The van der Waals surface area contributed by atoms with Gasteiger partial charge in [-0.05, 0) is 25.1 Å². The zero-order valence-corrected chi connectivity index (χ0v) is 14.7. The molecule has 0 aliphatic heterocycles. The van der Waals surface area contributed by atoms with Crippen molar-refractivity contribution in [3.8, 4) is 0 Å². The molecule has 2 aromatic carbocycles. The van der Waals surface area contributed by atoms with Crippen LogP contribution in [0.2, 0.25) is 0 Å². The number of aromatic nitrogens is 1. The Bertz CT molecular complexity index is 1350. The number of oxazole rings is 1. The van der Waals surface area contributed by atoms with Gasteiger partial charge in [0.2, 0.25) is 0 Å². The van der Waals surface area contributed by atoms with Gasteiger partial charge in [-0.1, -0.05) is 18.2 Å². The SMILES string of the molecule is Cc1c(C(=O)NNS(=O)(=O)c2ccc3[nH]c(=O)oc3c2)oc2ccccc12. The molecular formula is C17H13N3O6S. The number of hydrogen-bond donors (Lipinski definition) is 3. The Kier molecular flexibility index (Phi) is 3.86. The van der Waals surface area contributed by atoms with Crippen LogP contribution in [-0.4, -0.2) is 19.3 Å². The fraction of sp³-hybridized carbons (Fsp3) is 0.0588. The summed E-state index contributed by atoms with van der Waals surface area (Å²) in [4.78, 5) is 27.7. The molecule has 0 bridgehead atoms. The van der Waals surface area contributed by atoms with E-state index in [9.17, 15) is 18.0 Å². The van der Waals surface area contributed by atoms with Gasteiger partial charge in [0.1, 0.15) is 5.58 Å². The molecule has 0 atom stereocenters. The molecule has 0 saturated carbocycles. The molecule has 0 radical (unpaired) electrons. The lowest BCUT2D eigenvalue weighted by atomic mass is 10.1. The number of sulfonamides is 1. The third-order valence-corrected chi connectivity index (χ3v) is 5.30. The van der Waals surface area contributed by atoms with Crippen LogP contribution >= 0.6 is 0 Å². The van der Waals surface area contributed by atoms with Crippen molar-refractivity contribution in [2.24, 2.45) is 0 Å². The van der Waals surface area contributed by atoms with Gasteiger partial charge in [-0.25, -0.2) is 13.2 Å². The van der Waals surface area contributed by atoms with E-state index in [0.717, 1.165) is 5.39 Å². The molecule has 0 spiro atoms. The monoisotopic (exact) mass is 387 g/mol. The Labute approximate surface area is 152 Å². The van der Waals surface area contributed by atoms with E-state index in [0.29, 0.717) is 16.7 Å². The highest BCUT2D eigenvalue weighted by Gasteiger charge is 2.21. The number of fused-ring (bicyclic) bond motifs is 2. The van der Waals surface area contributed by atoms with Gasteiger partial charge < -0.3 is 8.83 Å². The van der Waals surface area contributed by atoms with Crippen molar-refractivity contribution < 1.29 is 22.0 Å². The van der Waals surface area contributed by atoms with Crippen LogP contribution in [0.15, 0.2) is 61.0 Å². The Balaban J connectivity index is 1.57. The fourth-order valence-electron chi connectivity index (χ4n) is 2.71. The van der Waals surface area contributed by atoms with Gasteiger partial charge in [0.25, 0.3) is 10.0 Å². The average Bonchev–Trinajstić information content (AvgIpc) is 3.18. The predicted octanol–water partition coefficient (Wildman–Crippen LogP) is 1.80. The maximum absolute atomic E-state index is 12.4. The van der Waals surface area contributed by atoms with Crippen molar-refractivity contribution in [1.29, 1.82) is 0 Å². The molecule has 0 aliphatic rings. The number of carbonyl (C=O) groups is 1. The van der Waals surface area contributed by atoms with E-state index in [2.05, 4.69) is 10.4 Å². The zero-order valence-electron chi connectivity index (χ0n) is 13.9. The standard InChI is InChI=1S/C17H13N3O6S/c1-9-11-4-2-3-5-13(11)25-15(9)16(21)19-20-27(23,24)10-6-7-12-14(8-10)26-17(22)18-12/h2-8,20H,1H3,(H,18,22)(H,19,21). The second kappa shape index (κ2) is 6.11. The number of hydrogen-bond acceptors (Lipinski definition) is 6. The zero-order chi connectivity index (χ0) is 19.2. The minimum atomic E-state index is -4.09. The number of para-hydroxylation sites is 1. The second-order valence-corrected chi connectivity index (χ2v) is 7.47. The molecule has 0 aliphatic carbocycles. The number of nitrogens with one attached hydrogen (secondary N) is 3. The minimum absolute atomic E-state index is 0.00554. The van der Waals surface area contributed by atoms with Crippen LogP contribution in [0, 0.1) is 6.92 Å². The van der Waals surface area contributed by atoms with E-state index < -0.39 is 21.7 Å². The first-order valence-corrected chi connectivity index (χ1v) is 9.26. The first-order valence-electron chi connectivity index (χ1n) is 7.78. The van der Waals surface area contributed by atoms with Gasteiger partial charge in [0.15, 0.2) is 11.3 Å². The highest BCUT2D eigenvalue weighted by atomic mass is 32.2. The summed E-state index contributed by atoms with van der Waals surface area (Å²) in [5.41, 5.74) is 3.69. The minimum Gasteiger partial charge on any atom is -0.451 e. The lowest BCUT2D eigenvalue weighted by Crippen LogP contribution is -2.41. The normalized spacial score (nSPS) is 11.9. The molecule has 4 rings (SSSR count). The molecule has 2 heterocycles. The molecule has 0 saturated heterocycles. The van der Waals surface area contributed by atoms with E-state index in [1.165, 1.54) is 18.2 Å². The first-order chi connectivity index (χ1) is 12.8. The summed E-state index contributed by atoms with van der Waals surface area (Å²) in [7, 11) is -4.09. The van der Waals surface area contributed by atoms with Crippen LogP contribution < -0.4 is 16.0 Å². The average molecular weight is 387 g/mol. The molecule has 4 aromatic rings.